The molecule has 2 rings (SSSR count). The van der Waals surface area contributed by atoms with Gasteiger partial charge in [-0.05, 0) is 50.9 Å². The summed E-state index contributed by atoms with van der Waals surface area (Å²) in [4.78, 5) is 7.04. The van der Waals surface area contributed by atoms with E-state index < -0.39 is 0 Å². The van der Waals surface area contributed by atoms with Gasteiger partial charge in [0, 0.05) is 25.3 Å². The standard InChI is InChI=1S/C17H29N3O/c1-13(2)10-18-11-15-8-14(3)19-16(9-15)20-6-7-21-17(4,5)12-20/h8-9,13,18H,6-7,10-12H2,1-5H3. The Hall–Kier alpha value is -1.13. The molecule has 0 saturated carbocycles. The zero-order chi connectivity index (χ0) is 15.5. The molecule has 0 bridgehead atoms. The molecule has 0 radical (unpaired) electrons. The Kier molecular flexibility index (Phi) is 5.22. The Morgan fingerprint density at radius 1 is 1.38 bits per heavy atom. The highest BCUT2D eigenvalue weighted by molar-refractivity contribution is 5.43. The number of nitrogens with zero attached hydrogens (tertiary/aromatic N) is 2. The molecule has 4 heteroatoms. The molecule has 0 unspecified atom stereocenters. The molecule has 1 saturated heterocycles. The second kappa shape index (κ2) is 6.75. The van der Waals surface area contributed by atoms with Crippen molar-refractivity contribution in [2.24, 2.45) is 5.92 Å². The molecule has 2 heterocycles. The van der Waals surface area contributed by atoms with Crippen LogP contribution in [0.25, 0.3) is 0 Å². The lowest BCUT2D eigenvalue weighted by molar-refractivity contribution is -0.0279. The zero-order valence-electron chi connectivity index (χ0n) is 14.1. The van der Waals surface area contributed by atoms with Gasteiger partial charge in [-0.2, -0.15) is 0 Å². The molecule has 1 N–H and O–H groups in total. The van der Waals surface area contributed by atoms with Gasteiger partial charge in [-0.25, -0.2) is 4.98 Å². The molecule has 0 amide bonds. The van der Waals surface area contributed by atoms with Crippen LogP contribution in [0.15, 0.2) is 12.1 Å². The minimum atomic E-state index is -0.0975. The van der Waals surface area contributed by atoms with E-state index in [1.807, 2.05) is 0 Å². The molecule has 1 aromatic rings. The molecule has 4 nitrogen and oxygen atoms in total. The van der Waals surface area contributed by atoms with Gasteiger partial charge in [0.25, 0.3) is 0 Å². The Bertz CT molecular complexity index is 471. The van der Waals surface area contributed by atoms with Crippen molar-refractivity contribution in [1.29, 1.82) is 0 Å². The van der Waals surface area contributed by atoms with E-state index in [-0.39, 0.29) is 5.60 Å². The maximum absolute atomic E-state index is 5.79. The number of aromatic nitrogens is 1. The largest absolute Gasteiger partial charge is 0.372 e. The van der Waals surface area contributed by atoms with Crippen molar-refractivity contribution in [2.45, 2.75) is 46.8 Å². The Labute approximate surface area is 128 Å². The number of rotatable bonds is 5. The fourth-order valence-corrected chi connectivity index (χ4v) is 2.70. The number of nitrogens with one attached hydrogen (secondary N) is 1. The van der Waals surface area contributed by atoms with Crippen LogP contribution in [0.4, 0.5) is 5.82 Å². The maximum Gasteiger partial charge on any atom is 0.129 e. The third-order valence-electron chi connectivity index (χ3n) is 3.63. The van der Waals surface area contributed by atoms with E-state index in [9.17, 15) is 0 Å². The summed E-state index contributed by atoms with van der Waals surface area (Å²) >= 11 is 0. The van der Waals surface area contributed by atoms with Crippen LogP contribution in [0.5, 0.6) is 0 Å². The van der Waals surface area contributed by atoms with Gasteiger partial charge in [0.15, 0.2) is 0 Å². The smallest absolute Gasteiger partial charge is 0.129 e. The fourth-order valence-electron chi connectivity index (χ4n) is 2.70. The Morgan fingerprint density at radius 3 is 2.81 bits per heavy atom. The lowest BCUT2D eigenvalue weighted by atomic mass is 10.1. The van der Waals surface area contributed by atoms with Crippen molar-refractivity contribution < 1.29 is 4.74 Å². The highest BCUT2D eigenvalue weighted by Gasteiger charge is 2.28. The van der Waals surface area contributed by atoms with Gasteiger partial charge in [0.1, 0.15) is 5.82 Å². The number of hydrogen-bond acceptors (Lipinski definition) is 4. The van der Waals surface area contributed by atoms with Gasteiger partial charge in [-0.15, -0.1) is 0 Å². The van der Waals surface area contributed by atoms with Gasteiger partial charge >= 0.3 is 0 Å². The van der Waals surface area contributed by atoms with Crippen LogP contribution in [0.3, 0.4) is 0 Å². The topological polar surface area (TPSA) is 37.4 Å². The van der Waals surface area contributed by atoms with Crippen LogP contribution in [0, 0.1) is 12.8 Å². The second-order valence-corrected chi connectivity index (χ2v) is 7.03. The van der Waals surface area contributed by atoms with E-state index in [1.165, 1.54) is 5.56 Å². The Morgan fingerprint density at radius 2 is 2.14 bits per heavy atom. The third-order valence-corrected chi connectivity index (χ3v) is 3.63. The minimum Gasteiger partial charge on any atom is -0.372 e. The number of anilines is 1. The van der Waals surface area contributed by atoms with Crippen LogP contribution in [0.2, 0.25) is 0 Å². The first-order valence-corrected chi connectivity index (χ1v) is 7.93. The van der Waals surface area contributed by atoms with Crippen LogP contribution >= 0.6 is 0 Å². The molecular formula is C17H29N3O. The van der Waals surface area contributed by atoms with E-state index in [2.05, 4.69) is 57.0 Å². The van der Waals surface area contributed by atoms with Crippen molar-refractivity contribution in [3.63, 3.8) is 0 Å². The number of morpholine rings is 1. The summed E-state index contributed by atoms with van der Waals surface area (Å²) in [5.74, 6) is 1.75. The first-order valence-electron chi connectivity index (χ1n) is 7.93. The van der Waals surface area contributed by atoms with E-state index in [0.29, 0.717) is 5.92 Å². The average molecular weight is 291 g/mol. The molecular weight excluding hydrogens is 262 g/mol. The average Bonchev–Trinajstić information content (AvgIpc) is 2.36. The molecule has 1 aliphatic rings. The first-order chi connectivity index (χ1) is 9.85. The van der Waals surface area contributed by atoms with Gasteiger partial charge in [0.05, 0.1) is 12.2 Å². The van der Waals surface area contributed by atoms with Gasteiger partial charge in [-0.1, -0.05) is 13.8 Å². The van der Waals surface area contributed by atoms with Crippen molar-refractivity contribution >= 4 is 5.82 Å². The molecule has 1 aliphatic heterocycles. The van der Waals surface area contributed by atoms with Gasteiger partial charge in [0.2, 0.25) is 0 Å². The Balaban J connectivity index is 2.07. The van der Waals surface area contributed by atoms with Crippen LogP contribution < -0.4 is 10.2 Å². The first kappa shape index (κ1) is 16.2. The normalized spacial score (nSPS) is 18.3. The molecule has 0 aromatic carbocycles. The van der Waals surface area contributed by atoms with Crippen LogP contribution in [-0.2, 0) is 11.3 Å². The lowest BCUT2D eigenvalue weighted by Crippen LogP contribution is -2.48. The molecule has 1 aromatic heterocycles. The summed E-state index contributed by atoms with van der Waals surface area (Å²) in [6.45, 7) is 15.3. The summed E-state index contributed by atoms with van der Waals surface area (Å²) in [5.41, 5.74) is 2.29. The molecule has 1 fully saturated rings. The summed E-state index contributed by atoms with van der Waals surface area (Å²) in [6, 6.07) is 4.38. The summed E-state index contributed by atoms with van der Waals surface area (Å²) in [6.07, 6.45) is 0. The van der Waals surface area contributed by atoms with Crippen LogP contribution in [0.1, 0.15) is 39.0 Å². The maximum atomic E-state index is 5.79. The monoisotopic (exact) mass is 291 g/mol. The quantitative estimate of drug-likeness (QED) is 0.905. The molecule has 118 valence electrons. The third kappa shape index (κ3) is 4.97. The number of hydrogen-bond donors (Lipinski definition) is 1. The number of ether oxygens (including phenoxy) is 1. The summed E-state index contributed by atoms with van der Waals surface area (Å²) < 4.78 is 5.79. The lowest BCUT2D eigenvalue weighted by Gasteiger charge is -2.39. The number of aryl methyl sites for hydroxylation is 1. The molecule has 0 aliphatic carbocycles. The SMILES string of the molecule is Cc1cc(CNCC(C)C)cc(N2CCOC(C)(C)C2)n1. The van der Waals surface area contributed by atoms with Crippen molar-refractivity contribution in [3.05, 3.63) is 23.4 Å². The van der Waals surface area contributed by atoms with E-state index in [0.717, 1.165) is 44.3 Å². The second-order valence-electron chi connectivity index (χ2n) is 7.03. The molecule has 0 spiro atoms. The highest BCUT2D eigenvalue weighted by atomic mass is 16.5. The van der Waals surface area contributed by atoms with Crippen molar-refractivity contribution in [2.75, 3.05) is 31.1 Å². The highest BCUT2D eigenvalue weighted by Crippen LogP contribution is 2.22. The van der Waals surface area contributed by atoms with Gasteiger partial charge < -0.3 is 15.0 Å². The van der Waals surface area contributed by atoms with E-state index >= 15 is 0 Å². The minimum absolute atomic E-state index is 0.0975. The number of pyridine rings is 1. The van der Waals surface area contributed by atoms with Gasteiger partial charge in [-0.3, -0.25) is 0 Å². The molecule has 21 heavy (non-hydrogen) atoms. The summed E-state index contributed by atoms with van der Waals surface area (Å²) in [7, 11) is 0. The predicted octanol–water partition coefficient (Wildman–Crippen LogP) is 2.75. The van der Waals surface area contributed by atoms with E-state index in [4.69, 9.17) is 9.72 Å². The predicted molar refractivity (Wildman–Crippen MR) is 87.8 cm³/mol. The summed E-state index contributed by atoms with van der Waals surface area (Å²) in [5, 5.41) is 3.50. The van der Waals surface area contributed by atoms with E-state index in [1.54, 1.807) is 0 Å². The van der Waals surface area contributed by atoms with Crippen LogP contribution in [-0.4, -0.2) is 36.8 Å². The zero-order valence-corrected chi connectivity index (χ0v) is 14.1. The molecule has 0 atom stereocenters. The fraction of sp³-hybridized carbons (Fsp3) is 0.706. The van der Waals surface area contributed by atoms with Crippen molar-refractivity contribution in [3.8, 4) is 0 Å². The van der Waals surface area contributed by atoms with Crippen molar-refractivity contribution in [1.82, 2.24) is 10.3 Å².